The third kappa shape index (κ3) is 4.07. The first kappa shape index (κ1) is 18.5. The molecule has 0 bridgehead atoms. The lowest BCUT2D eigenvalue weighted by atomic mass is 10.1. The van der Waals surface area contributed by atoms with Crippen molar-refractivity contribution in [2.75, 3.05) is 18.6 Å². The van der Waals surface area contributed by atoms with Gasteiger partial charge in [-0.25, -0.2) is 8.42 Å². The number of hydrogen-bond acceptors (Lipinski definition) is 4. The SMILES string of the molecule is COc1ccc(CN(C(=O)c2ccccc2C)[C@H]2CCS(=O)(=O)C2)cc1. The summed E-state index contributed by atoms with van der Waals surface area (Å²) in [5.41, 5.74) is 2.44. The first-order chi connectivity index (χ1) is 12.4. The fraction of sp³-hybridized carbons (Fsp3) is 0.350. The van der Waals surface area contributed by atoms with Crippen molar-refractivity contribution in [2.24, 2.45) is 0 Å². The van der Waals surface area contributed by atoms with E-state index in [2.05, 4.69) is 0 Å². The molecule has 0 unspecified atom stereocenters. The van der Waals surface area contributed by atoms with Crippen molar-refractivity contribution < 1.29 is 17.9 Å². The normalized spacial score (nSPS) is 18.5. The Morgan fingerprint density at radius 2 is 1.85 bits per heavy atom. The fourth-order valence-electron chi connectivity index (χ4n) is 3.28. The van der Waals surface area contributed by atoms with Crippen LogP contribution in [0, 0.1) is 6.92 Å². The van der Waals surface area contributed by atoms with Gasteiger partial charge in [0.1, 0.15) is 5.75 Å². The number of amides is 1. The topological polar surface area (TPSA) is 63.7 Å². The van der Waals surface area contributed by atoms with Crippen LogP contribution in [0.2, 0.25) is 0 Å². The fourth-order valence-corrected chi connectivity index (χ4v) is 5.01. The molecule has 1 aliphatic heterocycles. The number of ether oxygens (including phenoxy) is 1. The number of benzene rings is 2. The average molecular weight is 373 g/mol. The first-order valence-electron chi connectivity index (χ1n) is 8.59. The Hall–Kier alpha value is -2.34. The quantitative estimate of drug-likeness (QED) is 0.808. The summed E-state index contributed by atoms with van der Waals surface area (Å²) in [6, 6.07) is 14.6. The summed E-state index contributed by atoms with van der Waals surface area (Å²) in [6.07, 6.45) is 0.482. The minimum Gasteiger partial charge on any atom is -0.497 e. The lowest BCUT2D eigenvalue weighted by Gasteiger charge is -2.29. The van der Waals surface area contributed by atoms with Gasteiger partial charge < -0.3 is 9.64 Å². The van der Waals surface area contributed by atoms with Gasteiger partial charge in [0.15, 0.2) is 9.84 Å². The van der Waals surface area contributed by atoms with Gasteiger partial charge in [-0.3, -0.25) is 4.79 Å². The molecule has 1 amide bonds. The van der Waals surface area contributed by atoms with Gasteiger partial charge in [-0.1, -0.05) is 30.3 Å². The van der Waals surface area contributed by atoms with Gasteiger partial charge in [-0.05, 0) is 42.7 Å². The monoisotopic (exact) mass is 373 g/mol. The molecule has 1 saturated heterocycles. The molecule has 3 rings (SSSR count). The van der Waals surface area contributed by atoms with E-state index < -0.39 is 9.84 Å². The second-order valence-electron chi connectivity index (χ2n) is 6.65. The lowest BCUT2D eigenvalue weighted by molar-refractivity contribution is 0.0680. The van der Waals surface area contributed by atoms with Crippen molar-refractivity contribution in [1.29, 1.82) is 0 Å². The zero-order valence-corrected chi connectivity index (χ0v) is 15.8. The van der Waals surface area contributed by atoms with Gasteiger partial charge in [0.2, 0.25) is 0 Å². The number of sulfone groups is 1. The van der Waals surface area contributed by atoms with Gasteiger partial charge in [0.25, 0.3) is 5.91 Å². The molecule has 0 saturated carbocycles. The van der Waals surface area contributed by atoms with Crippen LogP contribution in [0.15, 0.2) is 48.5 Å². The van der Waals surface area contributed by atoms with Crippen LogP contribution in [0.3, 0.4) is 0 Å². The Kier molecular flexibility index (Phi) is 5.32. The minimum absolute atomic E-state index is 0.0285. The smallest absolute Gasteiger partial charge is 0.254 e. The van der Waals surface area contributed by atoms with Crippen molar-refractivity contribution in [3.05, 3.63) is 65.2 Å². The third-order valence-corrected chi connectivity index (χ3v) is 6.55. The van der Waals surface area contributed by atoms with E-state index in [0.717, 1.165) is 16.9 Å². The van der Waals surface area contributed by atoms with E-state index in [0.29, 0.717) is 18.5 Å². The standard InChI is InChI=1S/C20H23NO4S/c1-15-5-3-4-6-19(15)20(22)21(17-11-12-26(23,24)14-17)13-16-7-9-18(25-2)10-8-16/h3-10,17H,11-14H2,1-2H3/t17-/m0/s1. The summed E-state index contributed by atoms with van der Waals surface area (Å²) < 4.78 is 29.1. The maximum Gasteiger partial charge on any atom is 0.254 e. The highest BCUT2D eigenvalue weighted by atomic mass is 32.2. The molecule has 0 spiro atoms. The maximum atomic E-state index is 13.2. The number of methoxy groups -OCH3 is 1. The molecule has 0 radical (unpaired) electrons. The highest BCUT2D eigenvalue weighted by Gasteiger charge is 2.35. The number of carbonyl (C=O) groups excluding carboxylic acids is 1. The highest BCUT2D eigenvalue weighted by molar-refractivity contribution is 7.91. The molecule has 1 fully saturated rings. The van der Waals surface area contributed by atoms with E-state index >= 15 is 0 Å². The molecule has 0 aromatic heterocycles. The Balaban J connectivity index is 1.91. The summed E-state index contributed by atoms with van der Waals surface area (Å²) in [7, 11) is -1.48. The average Bonchev–Trinajstić information content (AvgIpc) is 2.99. The van der Waals surface area contributed by atoms with E-state index in [-0.39, 0.29) is 23.5 Å². The minimum atomic E-state index is -3.08. The Morgan fingerprint density at radius 3 is 2.42 bits per heavy atom. The Labute approximate surface area is 154 Å². The van der Waals surface area contributed by atoms with Crippen molar-refractivity contribution >= 4 is 15.7 Å². The molecule has 1 aliphatic rings. The summed E-state index contributed by atoms with van der Waals surface area (Å²) in [6.45, 7) is 2.27. The molecule has 138 valence electrons. The number of hydrogen-bond donors (Lipinski definition) is 0. The Morgan fingerprint density at radius 1 is 1.15 bits per heavy atom. The molecule has 1 atom stereocenters. The van der Waals surface area contributed by atoms with Crippen LogP contribution in [0.4, 0.5) is 0 Å². The number of nitrogens with zero attached hydrogens (tertiary/aromatic N) is 1. The van der Waals surface area contributed by atoms with Crippen LogP contribution in [-0.4, -0.2) is 43.9 Å². The van der Waals surface area contributed by atoms with E-state index in [9.17, 15) is 13.2 Å². The van der Waals surface area contributed by atoms with E-state index in [4.69, 9.17) is 4.74 Å². The summed E-state index contributed by atoms with van der Waals surface area (Å²) in [4.78, 5) is 14.9. The number of aryl methyl sites for hydroxylation is 1. The second-order valence-corrected chi connectivity index (χ2v) is 8.88. The molecular formula is C20H23NO4S. The van der Waals surface area contributed by atoms with Crippen LogP contribution >= 0.6 is 0 Å². The van der Waals surface area contributed by atoms with Crippen molar-refractivity contribution in [2.45, 2.75) is 25.9 Å². The van der Waals surface area contributed by atoms with E-state index in [1.165, 1.54) is 0 Å². The van der Waals surface area contributed by atoms with Crippen LogP contribution < -0.4 is 4.74 Å². The lowest BCUT2D eigenvalue weighted by Crippen LogP contribution is -2.40. The molecule has 2 aromatic carbocycles. The van der Waals surface area contributed by atoms with Crippen molar-refractivity contribution in [3.8, 4) is 5.75 Å². The second kappa shape index (κ2) is 7.50. The summed E-state index contributed by atoms with van der Waals surface area (Å²) in [5.74, 6) is 0.786. The Bertz CT molecular complexity index is 890. The van der Waals surface area contributed by atoms with Crippen LogP contribution in [0.5, 0.6) is 5.75 Å². The molecule has 6 heteroatoms. The van der Waals surface area contributed by atoms with Gasteiger partial charge in [-0.2, -0.15) is 0 Å². The summed E-state index contributed by atoms with van der Waals surface area (Å²) >= 11 is 0. The first-order valence-corrected chi connectivity index (χ1v) is 10.4. The predicted octanol–water partition coefficient (Wildman–Crippen LogP) is 2.83. The largest absolute Gasteiger partial charge is 0.497 e. The summed E-state index contributed by atoms with van der Waals surface area (Å²) in [5, 5.41) is 0. The zero-order chi connectivity index (χ0) is 18.7. The van der Waals surface area contributed by atoms with Crippen LogP contribution in [0.25, 0.3) is 0 Å². The zero-order valence-electron chi connectivity index (χ0n) is 15.0. The molecule has 26 heavy (non-hydrogen) atoms. The molecule has 5 nitrogen and oxygen atoms in total. The van der Waals surface area contributed by atoms with Crippen molar-refractivity contribution in [3.63, 3.8) is 0 Å². The molecule has 0 aliphatic carbocycles. The van der Waals surface area contributed by atoms with Crippen molar-refractivity contribution in [1.82, 2.24) is 4.90 Å². The highest BCUT2D eigenvalue weighted by Crippen LogP contribution is 2.24. The molecular weight excluding hydrogens is 350 g/mol. The van der Waals surface area contributed by atoms with Gasteiger partial charge in [0.05, 0.1) is 18.6 Å². The third-order valence-electron chi connectivity index (χ3n) is 4.80. The number of rotatable bonds is 5. The maximum absolute atomic E-state index is 13.2. The van der Waals surface area contributed by atoms with Crippen LogP contribution in [-0.2, 0) is 16.4 Å². The predicted molar refractivity (Wildman–Crippen MR) is 101 cm³/mol. The van der Waals surface area contributed by atoms with E-state index in [1.807, 2.05) is 49.4 Å². The molecule has 0 N–H and O–H groups in total. The van der Waals surface area contributed by atoms with Crippen LogP contribution in [0.1, 0.15) is 27.9 Å². The van der Waals surface area contributed by atoms with Gasteiger partial charge in [-0.15, -0.1) is 0 Å². The molecule has 2 aromatic rings. The molecule has 1 heterocycles. The van der Waals surface area contributed by atoms with E-state index in [1.54, 1.807) is 18.1 Å². The van der Waals surface area contributed by atoms with Gasteiger partial charge in [0, 0.05) is 18.2 Å². The number of carbonyl (C=O) groups is 1. The van der Waals surface area contributed by atoms with Gasteiger partial charge >= 0.3 is 0 Å².